The molecule has 2 aliphatic carbocycles. The van der Waals surface area contributed by atoms with Gasteiger partial charge in [-0.25, -0.2) is 9.37 Å². The summed E-state index contributed by atoms with van der Waals surface area (Å²) in [6.07, 6.45) is -0.453. The Morgan fingerprint density at radius 2 is 1.95 bits per heavy atom. The van der Waals surface area contributed by atoms with E-state index in [2.05, 4.69) is 10.3 Å². The molecule has 0 saturated heterocycles. The minimum Gasteiger partial charge on any atom is -0.335 e. The first-order valence-electron chi connectivity index (χ1n) is 7.17. The molecule has 0 aliphatic heterocycles. The van der Waals surface area contributed by atoms with Crippen LogP contribution < -0.4 is 5.32 Å². The van der Waals surface area contributed by atoms with Crippen LogP contribution in [0.15, 0.2) is 29.6 Å². The quantitative estimate of drug-likeness (QED) is 0.853. The topological polar surface area (TPSA) is 29.3 Å². The molecule has 2 heterocycles. The second kappa shape index (κ2) is 4.47. The zero-order valence-corrected chi connectivity index (χ0v) is 11.5. The molecule has 0 atom stereocenters. The molecular weight excluding hydrogens is 298 g/mol. The molecule has 0 spiro atoms. The summed E-state index contributed by atoms with van der Waals surface area (Å²) >= 11 is 0. The Morgan fingerprint density at radius 3 is 2.55 bits per heavy atom. The molecule has 0 radical (unpaired) electrons. The van der Waals surface area contributed by atoms with E-state index in [9.17, 15) is 17.6 Å². The van der Waals surface area contributed by atoms with Crippen molar-refractivity contribution in [1.29, 1.82) is 0 Å². The number of hydrogen-bond acceptors (Lipinski definition) is 2. The van der Waals surface area contributed by atoms with Crippen LogP contribution in [0.4, 0.5) is 23.4 Å². The second-order valence-corrected chi connectivity index (χ2v) is 5.80. The summed E-state index contributed by atoms with van der Waals surface area (Å²) in [5.74, 6) is -0.104. The number of anilines is 1. The third kappa shape index (κ3) is 2.34. The monoisotopic (exact) mass is 311 g/mol. The van der Waals surface area contributed by atoms with Crippen LogP contribution in [0.2, 0.25) is 0 Å². The Morgan fingerprint density at radius 1 is 1.23 bits per heavy atom. The van der Waals surface area contributed by atoms with Gasteiger partial charge < -0.3 is 5.32 Å². The third-order valence-corrected chi connectivity index (χ3v) is 3.96. The molecule has 3 nitrogen and oxygen atoms in total. The third-order valence-electron chi connectivity index (χ3n) is 3.96. The second-order valence-electron chi connectivity index (χ2n) is 5.80. The minimum absolute atomic E-state index is 0.137. The van der Waals surface area contributed by atoms with Crippen LogP contribution in [0, 0.1) is 5.82 Å². The van der Waals surface area contributed by atoms with Crippen LogP contribution in [0.5, 0.6) is 0 Å². The van der Waals surface area contributed by atoms with Crippen LogP contribution in [0.25, 0.3) is 5.65 Å². The van der Waals surface area contributed by atoms with Gasteiger partial charge in [0, 0.05) is 12.1 Å². The fraction of sp³-hybridized carbons (Fsp3) is 0.400. The number of alkyl halides is 3. The van der Waals surface area contributed by atoms with Crippen molar-refractivity contribution in [1.82, 2.24) is 9.38 Å². The fourth-order valence-electron chi connectivity index (χ4n) is 2.67. The normalized spacial score (nSPS) is 17.9. The summed E-state index contributed by atoms with van der Waals surface area (Å²) in [6, 6.07) is 2.73. The smallest absolute Gasteiger partial charge is 0.335 e. The summed E-state index contributed by atoms with van der Waals surface area (Å²) in [5.41, 5.74) is 0.751. The summed E-state index contributed by atoms with van der Waals surface area (Å²) in [7, 11) is 0. The van der Waals surface area contributed by atoms with E-state index >= 15 is 0 Å². The lowest BCUT2D eigenvalue weighted by atomic mass is 10.2. The van der Waals surface area contributed by atoms with Crippen molar-refractivity contribution in [2.75, 3.05) is 5.32 Å². The number of nitrogens with zero attached hydrogens (tertiary/aromatic N) is 2. The van der Waals surface area contributed by atoms with Gasteiger partial charge in [-0.15, -0.1) is 0 Å². The van der Waals surface area contributed by atoms with E-state index in [0.29, 0.717) is 29.8 Å². The molecule has 0 amide bonds. The van der Waals surface area contributed by atoms with Crippen molar-refractivity contribution in [2.45, 2.75) is 37.8 Å². The zero-order valence-electron chi connectivity index (χ0n) is 11.5. The molecular formula is C15H13F4N3. The SMILES string of the molecule is Fc1ccc2nc(NC(=C3CC3)C(F)(F)F)c(C3CC3)n2c1. The Balaban J connectivity index is 1.81. The first-order valence-corrected chi connectivity index (χ1v) is 7.17. The van der Waals surface area contributed by atoms with Crippen molar-refractivity contribution in [3.8, 4) is 0 Å². The molecule has 4 rings (SSSR count). The maximum atomic E-state index is 13.4. The zero-order chi connectivity index (χ0) is 15.5. The number of imidazole rings is 1. The lowest BCUT2D eigenvalue weighted by Crippen LogP contribution is -2.20. The number of pyridine rings is 1. The number of allylic oxidation sites excluding steroid dienone is 2. The average molecular weight is 311 g/mol. The molecule has 2 aliphatic rings. The first kappa shape index (κ1) is 13.6. The van der Waals surface area contributed by atoms with E-state index in [1.165, 1.54) is 18.3 Å². The number of rotatable bonds is 3. The van der Waals surface area contributed by atoms with Crippen LogP contribution >= 0.6 is 0 Å². The van der Waals surface area contributed by atoms with E-state index < -0.39 is 17.7 Å². The number of halogens is 4. The van der Waals surface area contributed by atoms with Gasteiger partial charge in [-0.05, 0) is 43.4 Å². The summed E-state index contributed by atoms with van der Waals surface area (Å²) in [4.78, 5) is 4.23. The minimum atomic E-state index is -4.42. The van der Waals surface area contributed by atoms with Gasteiger partial charge in [-0.2, -0.15) is 13.2 Å². The Bertz CT molecular complexity index is 778. The first-order chi connectivity index (χ1) is 10.4. The van der Waals surface area contributed by atoms with Gasteiger partial charge in [-0.3, -0.25) is 4.40 Å². The van der Waals surface area contributed by atoms with Crippen LogP contribution in [0.3, 0.4) is 0 Å². The predicted molar refractivity (Wildman–Crippen MR) is 73.1 cm³/mol. The van der Waals surface area contributed by atoms with Crippen LogP contribution in [-0.4, -0.2) is 15.6 Å². The van der Waals surface area contributed by atoms with Crippen molar-refractivity contribution in [2.24, 2.45) is 0 Å². The van der Waals surface area contributed by atoms with E-state index in [-0.39, 0.29) is 11.7 Å². The molecule has 7 heteroatoms. The van der Waals surface area contributed by atoms with Gasteiger partial charge in [0.15, 0.2) is 5.82 Å². The molecule has 2 aromatic heterocycles. The van der Waals surface area contributed by atoms with Crippen LogP contribution in [0.1, 0.15) is 37.3 Å². The molecule has 116 valence electrons. The number of nitrogens with one attached hydrogen (secondary N) is 1. The van der Waals surface area contributed by atoms with E-state index in [4.69, 9.17) is 0 Å². The maximum Gasteiger partial charge on any atom is 0.431 e. The molecule has 2 saturated carbocycles. The predicted octanol–water partition coefficient (Wildman–Crippen LogP) is 4.37. The standard InChI is InChI=1S/C15H13F4N3/c16-10-5-6-11-20-14(12(8-1-2-8)22(11)7-10)21-13(9-3-4-9)15(17,18)19/h5-8,21H,1-4H2. The highest BCUT2D eigenvalue weighted by Gasteiger charge is 2.41. The lowest BCUT2D eigenvalue weighted by Gasteiger charge is -2.13. The highest BCUT2D eigenvalue weighted by atomic mass is 19.4. The Labute approximate surface area is 123 Å². The summed E-state index contributed by atoms with van der Waals surface area (Å²) in [5, 5.41) is 2.48. The fourth-order valence-corrected chi connectivity index (χ4v) is 2.67. The number of fused-ring (bicyclic) bond motifs is 1. The van der Waals surface area contributed by atoms with E-state index in [1.807, 2.05) is 0 Å². The van der Waals surface area contributed by atoms with Gasteiger partial charge in [0.25, 0.3) is 0 Å². The molecule has 22 heavy (non-hydrogen) atoms. The number of hydrogen-bond donors (Lipinski definition) is 1. The summed E-state index contributed by atoms with van der Waals surface area (Å²) in [6.45, 7) is 0. The van der Waals surface area contributed by atoms with Gasteiger partial charge in [0.1, 0.15) is 17.2 Å². The van der Waals surface area contributed by atoms with Gasteiger partial charge in [-0.1, -0.05) is 0 Å². The van der Waals surface area contributed by atoms with Gasteiger partial charge >= 0.3 is 6.18 Å². The van der Waals surface area contributed by atoms with E-state index in [0.717, 1.165) is 12.8 Å². The molecule has 2 fully saturated rings. The van der Waals surface area contributed by atoms with Gasteiger partial charge in [0.05, 0.1) is 5.69 Å². The number of aromatic nitrogens is 2. The Kier molecular flexibility index (Phi) is 2.76. The van der Waals surface area contributed by atoms with Gasteiger partial charge in [0.2, 0.25) is 0 Å². The largest absolute Gasteiger partial charge is 0.431 e. The molecule has 0 bridgehead atoms. The van der Waals surface area contributed by atoms with E-state index in [1.54, 1.807) is 4.40 Å². The Hall–Kier alpha value is -2.05. The maximum absolute atomic E-state index is 13.4. The molecule has 0 unspecified atom stereocenters. The van der Waals surface area contributed by atoms with Crippen molar-refractivity contribution in [3.05, 3.63) is 41.1 Å². The molecule has 0 aromatic carbocycles. The van der Waals surface area contributed by atoms with Crippen molar-refractivity contribution < 1.29 is 17.6 Å². The summed E-state index contributed by atoms with van der Waals surface area (Å²) < 4.78 is 54.4. The van der Waals surface area contributed by atoms with Crippen molar-refractivity contribution >= 4 is 11.5 Å². The average Bonchev–Trinajstić information content (AvgIpc) is 3.32. The molecule has 2 aromatic rings. The van der Waals surface area contributed by atoms with Crippen molar-refractivity contribution in [3.63, 3.8) is 0 Å². The van der Waals surface area contributed by atoms with Crippen LogP contribution in [-0.2, 0) is 0 Å². The highest BCUT2D eigenvalue weighted by Crippen LogP contribution is 2.46. The lowest BCUT2D eigenvalue weighted by molar-refractivity contribution is -0.0906. The highest BCUT2D eigenvalue weighted by molar-refractivity contribution is 5.60. The molecule has 1 N–H and O–H groups in total.